The van der Waals surface area contributed by atoms with Gasteiger partial charge in [-0.25, -0.2) is 0 Å². The summed E-state index contributed by atoms with van der Waals surface area (Å²) in [4.78, 5) is 1.61. The van der Waals surface area contributed by atoms with Crippen LogP contribution >= 0.6 is 0 Å². The average molecular weight is 257 g/mol. The summed E-state index contributed by atoms with van der Waals surface area (Å²) >= 11 is 0. The van der Waals surface area contributed by atoms with Gasteiger partial charge in [-0.05, 0) is 25.0 Å². The summed E-state index contributed by atoms with van der Waals surface area (Å²) in [6, 6.07) is 0. The van der Waals surface area contributed by atoms with Gasteiger partial charge < -0.3 is 0 Å². The van der Waals surface area contributed by atoms with Crippen molar-refractivity contribution in [3.63, 3.8) is 0 Å². The molecule has 0 spiro atoms. The van der Waals surface area contributed by atoms with E-state index in [4.69, 9.17) is 11.7 Å². The lowest BCUT2D eigenvalue weighted by atomic mass is 10.2. The number of hydrogen-bond acceptors (Lipinski definition) is 6. The van der Waals surface area contributed by atoms with Gasteiger partial charge in [-0.15, -0.1) is 10.2 Å². The number of hydrazine groups is 2. The molecular formula is C11H27N7. The van der Waals surface area contributed by atoms with Gasteiger partial charge in [0.25, 0.3) is 0 Å². The number of aromatic nitrogens is 4. The fraction of sp³-hybridized carbons (Fsp3) is 0.909. The molecule has 0 atom stereocenters. The van der Waals surface area contributed by atoms with Crippen molar-refractivity contribution in [3.05, 3.63) is 5.82 Å². The van der Waals surface area contributed by atoms with Crippen molar-refractivity contribution in [3.8, 4) is 0 Å². The number of nitrogens with zero attached hydrogens (tertiary/aromatic N) is 5. The van der Waals surface area contributed by atoms with E-state index in [1.165, 1.54) is 24.4 Å². The Kier molecular flexibility index (Phi) is 10.4. The van der Waals surface area contributed by atoms with Crippen LogP contribution in [0.3, 0.4) is 0 Å². The van der Waals surface area contributed by atoms with E-state index in [0.29, 0.717) is 0 Å². The van der Waals surface area contributed by atoms with Crippen LogP contribution in [0.15, 0.2) is 0 Å². The number of unbranched alkanes of at least 4 members (excludes halogenated alkanes) is 3. The molecule has 1 rings (SSSR count). The minimum Gasteiger partial charge on any atom is -0.255 e. The minimum absolute atomic E-state index is 0.739. The summed E-state index contributed by atoms with van der Waals surface area (Å²) in [5, 5.41) is 12.7. The topological polar surface area (TPSA) is 98.9 Å². The second-order valence-electron chi connectivity index (χ2n) is 4.23. The van der Waals surface area contributed by atoms with Gasteiger partial charge in [-0.2, -0.15) is 9.91 Å². The Morgan fingerprint density at radius 1 is 1.11 bits per heavy atom. The van der Waals surface area contributed by atoms with Gasteiger partial charge >= 0.3 is 0 Å². The Bertz CT molecular complexity index is 285. The van der Waals surface area contributed by atoms with Crippen molar-refractivity contribution < 1.29 is 0 Å². The van der Waals surface area contributed by atoms with Crippen molar-refractivity contribution in [1.82, 2.24) is 25.3 Å². The summed E-state index contributed by atoms with van der Waals surface area (Å²) in [7, 11) is 0. The summed E-state index contributed by atoms with van der Waals surface area (Å²) < 4.78 is 0. The van der Waals surface area contributed by atoms with Crippen LogP contribution in [0.2, 0.25) is 0 Å². The van der Waals surface area contributed by atoms with Crippen LogP contribution in [-0.2, 0) is 6.54 Å². The molecule has 0 radical (unpaired) electrons. The second-order valence-corrected chi connectivity index (χ2v) is 4.23. The quantitative estimate of drug-likeness (QED) is 0.429. The lowest BCUT2D eigenvalue weighted by Crippen LogP contribution is -2.38. The molecule has 1 heterocycles. The minimum atomic E-state index is 0.739. The zero-order valence-corrected chi connectivity index (χ0v) is 11.8. The summed E-state index contributed by atoms with van der Waals surface area (Å²) in [5.74, 6) is 11.1. The van der Waals surface area contributed by atoms with E-state index < -0.39 is 0 Å². The van der Waals surface area contributed by atoms with Crippen molar-refractivity contribution in [2.75, 3.05) is 6.54 Å². The van der Waals surface area contributed by atoms with Crippen LogP contribution in [0.5, 0.6) is 0 Å². The summed E-state index contributed by atoms with van der Waals surface area (Å²) in [6.45, 7) is 7.77. The Morgan fingerprint density at radius 2 is 1.83 bits per heavy atom. The largest absolute Gasteiger partial charge is 0.255 e. The molecular weight excluding hydrogens is 230 g/mol. The third-order valence-electron chi connectivity index (χ3n) is 2.25. The molecule has 0 amide bonds. The number of nitrogens with two attached hydrogens (primary N) is 2. The Labute approximate surface area is 109 Å². The first-order chi connectivity index (χ1) is 8.60. The Morgan fingerprint density at radius 3 is 2.28 bits per heavy atom. The molecule has 106 valence electrons. The highest BCUT2D eigenvalue weighted by Gasteiger charge is 1.92. The zero-order chi connectivity index (χ0) is 13.8. The number of rotatable bonds is 7. The normalized spacial score (nSPS) is 10.3. The van der Waals surface area contributed by atoms with Gasteiger partial charge in [0.2, 0.25) is 0 Å². The summed E-state index contributed by atoms with van der Waals surface area (Å²) in [6.07, 6.45) is 5.95. The Balaban J connectivity index is 0.000000321. The molecule has 0 aromatic carbocycles. The Hall–Kier alpha value is -1.05. The molecule has 18 heavy (non-hydrogen) atoms. The van der Waals surface area contributed by atoms with Gasteiger partial charge in [0.05, 0.1) is 6.54 Å². The van der Waals surface area contributed by atoms with E-state index in [9.17, 15) is 0 Å². The second kappa shape index (κ2) is 11.1. The maximum Gasteiger partial charge on any atom is 0.171 e. The van der Waals surface area contributed by atoms with Crippen LogP contribution in [0.1, 0.15) is 51.8 Å². The molecule has 7 nitrogen and oxygen atoms in total. The highest BCUT2D eigenvalue weighted by molar-refractivity contribution is 4.66. The van der Waals surface area contributed by atoms with Crippen LogP contribution in [0, 0.1) is 6.92 Å². The molecule has 1 aromatic heterocycles. The molecule has 0 saturated heterocycles. The molecule has 0 aliphatic carbocycles. The maximum absolute atomic E-state index is 5.19. The lowest BCUT2D eigenvalue weighted by Gasteiger charge is -2.06. The number of tetrazole rings is 1. The predicted molar refractivity (Wildman–Crippen MR) is 72.1 cm³/mol. The fourth-order valence-electron chi connectivity index (χ4n) is 1.34. The van der Waals surface area contributed by atoms with Crippen molar-refractivity contribution >= 4 is 0 Å². The molecule has 0 fully saturated rings. The lowest BCUT2D eigenvalue weighted by molar-refractivity contribution is 0.286. The summed E-state index contributed by atoms with van der Waals surface area (Å²) in [5.41, 5.74) is 0. The SMILES string of the molecule is CCCCCCN(N)N.CCCn1nnc(C)n1. The molecule has 0 unspecified atom stereocenters. The smallest absolute Gasteiger partial charge is 0.171 e. The number of aryl methyl sites for hydroxylation is 2. The molecule has 0 aliphatic rings. The van der Waals surface area contributed by atoms with Gasteiger partial charge in [0, 0.05) is 6.54 Å². The van der Waals surface area contributed by atoms with E-state index >= 15 is 0 Å². The van der Waals surface area contributed by atoms with Gasteiger partial charge in [-0.3, -0.25) is 11.7 Å². The predicted octanol–water partition coefficient (Wildman–Crippen LogP) is 1.01. The van der Waals surface area contributed by atoms with Crippen LogP contribution < -0.4 is 11.7 Å². The van der Waals surface area contributed by atoms with Crippen molar-refractivity contribution in [2.24, 2.45) is 11.7 Å². The third kappa shape index (κ3) is 10.1. The molecule has 7 heteroatoms. The monoisotopic (exact) mass is 257 g/mol. The standard InChI is InChI=1S/C6H17N3.C5H10N4/c1-2-3-4-5-6-9(7)8;1-3-4-9-7-5(2)6-8-9/h2-8H2,1H3;3-4H2,1-2H3. The van der Waals surface area contributed by atoms with Crippen molar-refractivity contribution in [2.45, 2.75) is 59.4 Å². The van der Waals surface area contributed by atoms with Gasteiger partial charge in [0.1, 0.15) is 0 Å². The maximum atomic E-state index is 5.19. The third-order valence-corrected chi connectivity index (χ3v) is 2.25. The van der Waals surface area contributed by atoms with Crippen LogP contribution in [0.25, 0.3) is 0 Å². The first-order valence-electron chi connectivity index (χ1n) is 6.61. The van der Waals surface area contributed by atoms with E-state index in [1.54, 1.807) is 4.80 Å². The first-order valence-corrected chi connectivity index (χ1v) is 6.61. The fourth-order valence-corrected chi connectivity index (χ4v) is 1.34. The van der Waals surface area contributed by atoms with E-state index in [2.05, 4.69) is 29.3 Å². The first kappa shape index (κ1) is 16.9. The zero-order valence-electron chi connectivity index (χ0n) is 11.8. The van der Waals surface area contributed by atoms with E-state index in [-0.39, 0.29) is 0 Å². The highest BCUT2D eigenvalue weighted by atomic mass is 15.6. The molecule has 0 saturated carbocycles. The van der Waals surface area contributed by atoms with Crippen LogP contribution in [0.4, 0.5) is 0 Å². The molecule has 1 aromatic rings. The highest BCUT2D eigenvalue weighted by Crippen LogP contribution is 1.97. The average Bonchev–Trinajstić information content (AvgIpc) is 2.72. The molecule has 0 aliphatic heterocycles. The number of hydrogen-bond donors (Lipinski definition) is 2. The van der Waals surface area contributed by atoms with Crippen molar-refractivity contribution in [1.29, 1.82) is 0 Å². The van der Waals surface area contributed by atoms with E-state index in [0.717, 1.165) is 31.8 Å². The molecule has 0 bridgehead atoms. The van der Waals surface area contributed by atoms with E-state index in [1.807, 2.05) is 6.92 Å². The van der Waals surface area contributed by atoms with Crippen LogP contribution in [-0.4, -0.2) is 31.9 Å². The van der Waals surface area contributed by atoms with Gasteiger partial charge in [0.15, 0.2) is 5.82 Å². The van der Waals surface area contributed by atoms with Gasteiger partial charge in [-0.1, -0.05) is 33.1 Å². The molecule has 4 N–H and O–H groups in total.